The highest BCUT2D eigenvalue weighted by Gasteiger charge is 2.27. The van der Waals surface area contributed by atoms with Crippen molar-refractivity contribution in [3.8, 4) is 5.75 Å². The lowest BCUT2D eigenvalue weighted by Gasteiger charge is -2.18. The fourth-order valence-electron chi connectivity index (χ4n) is 3.50. The number of hydrogen-bond donors (Lipinski definition) is 1. The minimum atomic E-state index is -0.541. The van der Waals surface area contributed by atoms with E-state index in [0.29, 0.717) is 23.1 Å². The second-order valence-corrected chi connectivity index (χ2v) is 8.45. The van der Waals surface area contributed by atoms with Crippen molar-refractivity contribution in [3.05, 3.63) is 59.7 Å². The Morgan fingerprint density at radius 1 is 1.32 bits per heavy atom. The van der Waals surface area contributed by atoms with Crippen molar-refractivity contribution in [3.63, 3.8) is 0 Å². The fraction of sp³-hybridized carbons (Fsp3) is 0.364. The number of methoxy groups -OCH3 is 1. The van der Waals surface area contributed by atoms with Crippen LogP contribution in [0.15, 0.2) is 53.7 Å². The number of carbonyl (C=O) groups is 1. The molecule has 8 nitrogen and oxygen atoms in total. The van der Waals surface area contributed by atoms with Gasteiger partial charge < -0.3 is 14.8 Å². The molecule has 2 aromatic carbocycles. The standard InChI is InChI=1S/C22H25N5O3S/c1-15-10-11-19(29-2)18(13-15)23-21(28)20(16-7-4-3-5-8-16)31-22-24-25-26-27(22)14-17-9-6-12-30-17/h3-5,7-8,10-11,13,17,20H,6,9,12,14H2,1-2H3,(H,23,28)/t17-,20+/m0/s1. The Morgan fingerprint density at radius 2 is 2.16 bits per heavy atom. The molecule has 1 amide bonds. The van der Waals surface area contributed by atoms with Crippen molar-refractivity contribution in [2.75, 3.05) is 19.0 Å². The van der Waals surface area contributed by atoms with Gasteiger partial charge in [-0.15, -0.1) is 5.10 Å². The minimum absolute atomic E-state index is 0.100. The summed E-state index contributed by atoms with van der Waals surface area (Å²) in [4.78, 5) is 13.4. The van der Waals surface area contributed by atoms with E-state index in [9.17, 15) is 4.79 Å². The Labute approximate surface area is 185 Å². The second-order valence-electron chi connectivity index (χ2n) is 7.38. The topological polar surface area (TPSA) is 91.2 Å². The normalized spacial score (nSPS) is 16.8. The van der Waals surface area contributed by atoms with E-state index < -0.39 is 5.25 Å². The quantitative estimate of drug-likeness (QED) is 0.536. The van der Waals surface area contributed by atoms with E-state index in [4.69, 9.17) is 9.47 Å². The number of tetrazole rings is 1. The zero-order valence-corrected chi connectivity index (χ0v) is 18.3. The van der Waals surface area contributed by atoms with Crippen LogP contribution in [0.2, 0.25) is 0 Å². The predicted molar refractivity (Wildman–Crippen MR) is 118 cm³/mol. The van der Waals surface area contributed by atoms with Crippen LogP contribution in [0.4, 0.5) is 5.69 Å². The first kappa shape index (κ1) is 21.3. The summed E-state index contributed by atoms with van der Waals surface area (Å²) in [7, 11) is 1.59. The number of amides is 1. The number of thioether (sulfide) groups is 1. The highest BCUT2D eigenvalue weighted by molar-refractivity contribution is 8.00. The lowest BCUT2D eigenvalue weighted by Crippen LogP contribution is -2.21. The molecule has 1 aliphatic rings. The molecular weight excluding hydrogens is 414 g/mol. The largest absolute Gasteiger partial charge is 0.495 e. The third kappa shape index (κ3) is 5.23. The molecular formula is C22H25N5O3S. The number of hydrogen-bond acceptors (Lipinski definition) is 7. The third-order valence-electron chi connectivity index (χ3n) is 5.08. The van der Waals surface area contributed by atoms with Crippen LogP contribution in [0.1, 0.15) is 29.2 Å². The fourth-order valence-corrected chi connectivity index (χ4v) is 4.49. The Kier molecular flexibility index (Phi) is 6.83. The Bertz CT molecular complexity index is 1020. The molecule has 0 spiro atoms. The zero-order valence-electron chi connectivity index (χ0n) is 17.5. The van der Waals surface area contributed by atoms with Crippen molar-refractivity contribution < 1.29 is 14.3 Å². The first-order chi connectivity index (χ1) is 15.1. The summed E-state index contributed by atoms with van der Waals surface area (Å²) >= 11 is 1.32. The third-order valence-corrected chi connectivity index (χ3v) is 6.30. The van der Waals surface area contributed by atoms with E-state index in [-0.39, 0.29) is 12.0 Å². The molecule has 0 bridgehead atoms. The number of aromatic nitrogens is 4. The molecule has 9 heteroatoms. The highest BCUT2D eigenvalue weighted by Crippen LogP contribution is 2.36. The summed E-state index contributed by atoms with van der Waals surface area (Å²) in [5, 5.41) is 15.2. The van der Waals surface area contributed by atoms with Gasteiger partial charge in [-0.05, 0) is 53.5 Å². The molecule has 31 heavy (non-hydrogen) atoms. The predicted octanol–water partition coefficient (Wildman–Crippen LogP) is 3.64. The van der Waals surface area contributed by atoms with E-state index in [0.717, 1.165) is 30.6 Å². The maximum Gasteiger partial charge on any atom is 0.242 e. The molecule has 1 aromatic heterocycles. The number of nitrogens with one attached hydrogen (secondary N) is 1. The van der Waals surface area contributed by atoms with Crippen LogP contribution in [-0.4, -0.2) is 45.9 Å². The Balaban J connectivity index is 1.58. The van der Waals surface area contributed by atoms with Crippen LogP contribution in [-0.2, 0) is 16.1 Å². The van der Waals surface area contributed by atoms with Gasteiger partial charge in [-0.2, -0.15) is 0 Å². The van der Waals surface area contributed by atoms with Crippen LogP contribution in [0.3, 0.4) is 0 Å². The lowest BCUT2D eigenvalue weighted by molar-refractivity contribution is -0.115. The van der Waals surface area contributed by atoms with E-state index in [1.54, 1.807) is 11.8 Å². The number of anilines is 1. The molecule has 0 radical (unpaired) electrons. The summed E-state index contributed by atoms with van der Waals surface area (Å²) in [5.41, 5.74) is 2.52. The number of ether oxygens (including phenoxy) is 2. The van der Waals surface area contributed by atoms with Gasteiger partial charge in [-0.25, -0.2) is 4.68 Å². The summed E-state index contributed by atoms with van der Waals surface area (Å²) in [6, 6.07) is 15.3. The van der Waals surface area contributed by atoms with Gasteiger partial charge in [0.15, 0.2) is 0 Å². The van der Waals surface area contributed by atoms with Gasteiger partial charge in [0.25, 0.3) is 0 Å². The van der Waals surface area contributed by atoms with Gasteiger partial charge in [0, 0.05) is 6.61 Å². The number of nitrogens with zero attached hydrogens (tertiary/aromatic N) is 4. The molecule has 1 saturated heterocycles. The average molecular weight is 440 g/mol. The van der Waals surface area contributed by atoms with Crippen molar-refractivity contribution in [2.45, 2.75) is 42.8 Å². The van der Waals surface area contributed by atoms with Crippen LogP contribution in [0, 0.1) is 6.92 Å². The van der Waals surface area contributed by atoms with Gasteiger partial charge >= 0.3 is 0 Å². The van der Waals surface area contributed by atoms with Crippen LogP contribution in [0.5, 0.6) is 5.75 Å². The van der Waals surface area contributed by atoms with Crippen LogP contribution in [0.25, 0.3) is 0 Å². The summed E-state index contributed by atoms with van der Waals surface area (Å²) in [6.45, 7) is 3.31. The van der Waals surface area contributed by atoms with Gasteiger partial charge in [0.1, 0.15) is 11.0 Å². The Morgan fingerprint density at radius 3 is 2.90 bits per heavy atom. The van der Waals surface area contributed by atoms with E-state index >= 15 is 0 Å². The SMILES string of the molecule is COc1ccc(C)cc1NC(=O)[C@H](Sc1nnnn1C[C@@H]1CCCO1)c1ccccc1. The molecule has 1 fully saturated rings. The van der Waals surface area contributed by atoms with Crippen LogP contribution < -0.4 is 10.1 Å². The molecule has 0 saturated carbocycles. The molecule has 3 aromatic rings. The molecule has 0 aliphatic carbocycles. The lowest BCUT2D eigenvalue weighted by atomic mass is 10.1. The maximum absolute atomic E-state index is 13.4. The molecule has 1 N–H and O–H groups in total. The van der Waals surface area contributed by atoms with E-state index in [1.807, 2.05) is 55.5 Å². The number of aryl methyl sites for hydroxylation is 1. The van der Waals surface area contributed by atoms with Crippen molar-refractivity contribution in [1.82, 2.24) is 20.2 Å². The summed E-state index contributed by atoms with van der Waals surface area (Å²) in [6.07, 6.45) is 2.13. The van der Waals surface area contributed by atoms with Gasteiger partial charge in [-0.1, -0.05) is 48.2 Å². The maximum atomic E-state index is 13.4. The molecule has 2 atom stereocenters. The van der Waals surface area contributed by atoms with Crippen molar-refractivity contribution >= 4 is 23.4 Å². The van der Waals surface area contributed by atoms with E-state index in [1.165, 1.54) is 11.8 Å². The van der Waals surface area contributed by atoms with Crippen molar-refractivity contribution in [1.29, 1.82) is 0 Å². The molecule has 4 rings (SSSR count). The Hall–Kier alpha value is -2.91. The van der Waals surface area contributed by atoms with E-state index in [2.05, 4.69) is 20.8 Å². The van der Waals surface area contributed by atoms with Crippen LogP contribution >= 0.6 is 11.8 Å². The van der Waals surface area contributed by atoms with Gasteiger partial charge in [0.05, 0.1) is 25.4 Å². The number of rotatable bonds is 8. The summed E-state index contributed by atoms with van der Waals surface area (Å²) in [5.74, 6) is 0.436. The molecule has 162 valence electrons. The number of carbonyl (C=O) groups excluding carboxylic acids is 1. The van der Waals surface area contributed by atoms with Crippen molar-refractivity contribution in [2.24, 2.45) is 0 Å². The summed E-state index contributed by atoms with van der Waals surface area (Å²) < 4.78 is 12.8. The first-order valence-corrected chi connectivity index (χ1v) is 11.1. The second kappa shape index (κ2) is 9.93. The molecule has 0 unspecified atom stereocenters. The molecule has 1 aliphatic heterocycles. The molecule has 2 heterocycles. The smallest absolute Gasteiger partial charge is 0.242 e. The van der Waals surface area contributed by atoms with Gasteiger partial charge in [0.2, 0.25) is 11.1 Å². The van der Waals surface area contributed by atoms with Gasteiger partial charge in [-0.3, -0.25) is 4.79 Å². The highest BCUT2D eigenvalue weighted by atomic mass is 32.2. The minimum Gasteiger partial charge on any atom is -0.495 e. The first-order valence-electron chi connectivity index (χ1n) is 10.2. The number of benzene rings is 2. The zero-order chi connectivity index (χ0) is 21.6. The average Bonchev–Trinajstić information content (AvgIpc) is 3.45. The monoisotopic (exact) mass is 439 g/mol.